The normalized spacial score (nSPS) is 17.7. The zero-order valence-electron chi connectivity index (χ0n) is 17.4. The zero-order valence-corrected chi connectivity index (χ0v) is 18.2. The van der Waals surface area contributed by atoms with Crippen LogP contribution in [0.25, 0.3) is 11.4 Å². The lowest BCUT2D eigenvalue weighted by atomic mass is 9.95. The maximum Gasteiger partial charge on any atom is 0.285 e. The van der Waals surface area contributed by atoms with E-state index < -0.39 is 10.0 Å². The quantitative estimate of drug-likeness (QED) is 0.650. The van der Waals surface area contributed by atoms with Gasteiger partial charge in [0.25, 0.3) is 10.0 Å². The molecule has 32 heavy (non-hydrogen) atoms. The molecule has 0 radical (unpaired) electrons. The molecule has 5 rings (SSSR count). The van der Waals surface area contributed by atoms with Gasteiger partial charge in [0.1, 0.15) is 4.90 Å². The number of amidine groups is 1. The number of rotatable bonds is 3. The first-order valence-electron chi connectivity index (χ1n) is 10.3. The number of carbonyl (C=O) groups excluding carboxylic acids is 1. The van der Waals surface area contributed by atoms with Crippen LogP contribution in [0.2, 0.25) is 0 Å². The van der Waals surface area contributed by atoms with E-state index >= 15 is 0 Å². The Bertz CT molecular complexity index is 1320. The van der Waals surface area contributed by atoms with Gasteiger partial charge in [-0.05, 0) is 37.1 Å². The van der Waals surface area contributed by atoms with Gasteiger partial charge in [0.15, 0.2) is 5.84 Å². The molecule has 0 aliphatic carbocycles. The van der Waals surface area contributed by atoms with Gasteiger partial charge in [0.05, 0.1) is 5.69 Å². The Morgan fingerprint density at radius 3 is 2.47 bits per heavy atom. The zero-order chi connectivity index (χ0) is 22.3. The minimum atomic E-state index is -3.66. The molecule has 3 aromatic rings. The standard InChI is InChI=1S/C22H21N5O4S/c1-14-23-20(25-31-14)16-6-2-4-8-18(16)24-22(28)15-10-12-27(13-11-15)21-17-7-3-5-9-19(17)32(29,30)26-21/h2-9,15H,10-13H2,1H3,(H,24,28). The number of piperidine rings is 1. The number of amides is 1. The van der Waals surface area contributed by atoms with Crippen molar-refractivity contribution in [1.29, 1.82) is 0 Å². The molecular formula is C22H21N5O4S. The number of benzene rings is 2. The van der Waals surface area contributed by atoms with Crippen LogP contribution in [0.4, 0.5) is 5.69 Å². The van der Waals surface area contributed by atoms with Crippen LogP contribution in [0.15, 0.2) is 62.3 Å². The Morgan fingerprint density at radius 2 is 1.75 bits per heavy atom. The molecule has 2 aliphatic rings. The summed E-state index contributed by atoms with van der Waals surface area (Å²) in [6, 6.07) is 14.2. The van der Waals surface area contributed by atoms with Gasteiger partial charge in [-0.2, -0.15) is 13.4 Å². The van der Waals surface area contributed by atoms with Crippen LogP contribution in [-0.2, 0) is 14.8 Å². The first-order chi connectivity index (χ1) is 15.4. The largest absolute Gasteiger partial charge is 0.355 e. The topological polar surface area (TPSA) is 118 Å². The van der Waals surface area contributed by atoms with Crippen LogP contribution in [0.1, 0.15) is 24.3 Å². The molecule has 164 valence electrons. The average Bonchev–Trinajstić information content (AvgIpc) is 3.35. The molecule has 3 heterocycles. The van der Waals surface area contributed by atoms with E-state index in [2.05, 4.69) is 19.9 Å². The first-order valence-corrected chi connectivity index (χ1v) is 11.8. The second kappa shape index (κ2) is 7.86. The molecule has 0 saturated carbocycles. The molecule has 1 N–H and O–H groups in total. The van der Waals surface area contributed by atoms with Gasteiger partial charge in [-0.1, -0.05) is 29.4 Å². The van der Waals surface area contributed by atoms with E-state index in [4.69, 9.17) is 4.52 Å². The Labute approximate surface area is 185 Å². The van der Waals surface area contributed by atoms with E-state index in [-0.39, 0.29) is 16.7 Å². The number of fused-ring (bicyclic) bond motifs is 1. The van der Waals surface area contributed by atoms with E-state index in [1.54, 1.807) is 31.2 Å². The Morgan fingerprint density at radius 1 is 1.06 bits per heavy atom. The number of likely N-dealkylation sites (tertiary alicyclic amines) is 1. The number of aryl methyl sites for hydroxylation is 1. The smallest absolute Gasteiger partial charge is 0.285 e. The predicted molar refractivity (Wildman–Crippen MR) is 118 cm³/mol. The minimum Gasteiger partial charge on any atom is -0.355 e. The number of para-hydroxylation sites is 1. The van der Waals surface area contributed by atoms with Crippen molar-refractivity contribution in [1.82, 2.24) is 15.0 Å². The first kappa shape index (κ1) is 20.4. The van der Waals surface area contributed by atoms with Crippen LogP contribution in [-0.4, -0.2) is 48.3 Å². The second-order valence-corrected chi connectivity index (χ2v) is 9.39. The third-order valence-electron chi connectivity index (χ3n) is 5.73. The van der Waals surface area contributed by atoms with Crippen LogP contribution >= 0.6 is 0 Å². The summed E-state index contributed by atoms with van der Waals surface area (Å²) in [5.74, 6) is 1.07. The highest BCUT2D eigenvalue weighted by Gasteiger charge is 2.34. The van der Waals surface area contributed by atoms with Gasteiger partial charge in [-0.15, -0.1) is 4.40 Å². The van der Waals surface area contributed by atoms with Crippen LogP contribution in [0, 0.1) is 12.8 Å². The van der Waals surface area contributed by atoms with Gasteiger partial charge in [-0.3, -0.25) is 4.79 Å². The lowest BCUT2D eigenvalue weighted by Crippen LogP contribution is -2.41. The van der Waals surface area contributed by atoms with E-state index in [0.717, 1.165) is 0 Å². The van der Waals surface area contributed by atoms with Crippen LogP contribution in [0.5, 0.6) is 0 Å². The highest BCUT2D eigenvalue weighted by Crippen LogP contribution is 2.31. The van der Waals surface area contributed by atoms with Gasteiger partial charge in [-0.25, -0.2) is 0 Å². The van der Waals surface area contributed by atoms with Crippen LogP contribution < -0.4 is 5.32 Å². The number of anilines is 1. The molecule has 0 unspecified atom stereocenters. The maximum absolute atomic E-state index is 13.0. The highest BCUT2D eigenvalue weighted by atomic mass is 32.2. The third kappa shape index (κ3) is 3.66. The van der Waals surface area contributed by atoms with Crippen molar-refractivity contribution >= 4 is 27.5 Å². The van der Waals surface area contributed by atoms with Crippen molar-refractivity contribution in [3.05, 3.63) is 60.0 Å². The van der Waals surface area contributed by atoms with E-state index in [0.29, 0.717) is 60.3 Å². The fourth-order valence-electron chi connectivity index (χ4n) is 4.10. The lowest BCUT2D eigenvalue weighted by Gasteiger charge is -2.32. The van der Waals surface area contributed by atoms with Crippen molar-refractivity contribution < 1.29 is 17.7 Å². The summed E-state index contributed by atoms with van der Waals surface area (Å²) >= 11 is 0. The van der Waals surface area contributed by atoms with Gasteiger partial charge >= 0.3 is 0 Å². The number of carbonyl (C=O) groups is 1. The summed E-state index contributed by atoms with van der Waals surface area (Å²) in [6.45, 7) is 2.81. The molecule has 0 bridgehead atoms. The molecule has 1 fully saturated rings. The Hall–Kier alpha value is -3.53. The number of hydrogen-bond acceptors (Lipinski definition) is 7. The molecule has 0 atom stereocenters. The van der Waals surface area contributed by atoms with Gasteiger partial charge < -0.3 is 14.7 Å². The number of hydrogen-bond donors (Lipinski definition) is 1. The lowest BCUT2D eigenvalue weighted by molar-refractivity contribution is -0.120. The average molecular weight is 452 g/mol. The number of nitrogens with zero attached hydrogens (tertiary/aromatic N) is 4. The molecule has 1 amide bonds. The molecule has 1 aromatic heterocycles. The third-order valence-corrected chi connectivity index (χ3v) is 7.06. The Kier molecular flexibility index (Phi) is 5.01. The van der Waals surface area contributed by atoms with Crippen molar-refractivity contribution in [3.63, 3.8) is 0 Å². The Balaban J connectivity index is 1.28. The molecule has 2 aliphatic heterocycles. The molecule has 10 heteroatoms. The molecular weight excluding hydrogens is 430 g/mol. The van der Waals surface area contributed by atoms with Crippen molar-refractivity contribution in [2.45, 2.75) is 24.7 Å². The van der Waals surface area contributed by atoms with Crippen molar-refractivity contribution in [2.24, 2.45) is 10.3 Å². The summed E-state index contributed by atoms with van der Waals surface area (Å²) in [7, 11) is -3.66. The van der Waals surface area contributed by atoms with E-state index in [1.807, 2.05) is 29.2 Å². The molecule has 1 saturated heterocycles. The maximum atomic E-state index is 13.0. The van der Waals surface area contributed by atoms with E-state index in [9.17, 15) is 13.2 Å². The summed E-state index contributed by atoms with van der Waals surface area (Å²) in [6.07, 6.45) is 1.19. The number of sulfonamides is 1. The number of aromatic nitrogens is 2. The fourth-order valence-corrected chi connectivity index (χ4v) is 5.33. The van der Waals surface area contributed by atoms with Crippen molar-refractivity contribution in [3.8, 4) is 11.4 Å². The molecule has 2 aromatic carbocycles. The molecule has 0 spiro atoms. The minimum absolute atomic E-state index is 0.0845. The van der Waals surface area contributed by atoms with E-state index in [1.165, 1.54) is 0 Å². The monoisotopic (exact) mass is 451 g/mol. The highest BCUT2D eigenvalue weighted by molar-refractivity contribution is 7.90. The number of nitrogens with one attached hydrogen (secondary N) is 1. The summed E-state index contributed by atoms with van der Waals surface area (Å²) in [5.41, 5.74) is 1.94. The predicted octanol–water partition coefficient (Wildman–Crippen LogP) is 2.84. The van der Waals surface area contributed by atoms with Crippen LogP contribution in [0.3, 0.4) is 0 Å². The summed E-state index contributed by atoms with van der Waals surface area (Å²) < 4.78 is 33.7. The summed E-state index contributed by atoms with van der Waals surface area (Å²) in [5, 5.41) is 6.94. The van der Waals surface area contributed by atoms with Crippen molar-refractivity contribution in [2.75, 3.05) is 18.4 Å². The fraction of sp³-hybridized carbons (Fsp3) is 0.273. The summed E-state index contributed by atoms with van der Waals surface area (Å²) in [4.78, 5) is 19.4. The van der Waals surface area contributed by atoms with Gasteiger partial charge in [0, 0.05) is 37.1 Å². The van der Waals surface area contributed by atoms with Gasteiger partial charge in [0.2, 0.25) is 17.6 Å². The second-order valence-electron chi connectivity index (χ2n) is 7.82. The molecule has 9 nitrogen and oxygen atoms in total. The SMILES string of the molecule is Cc1nc(-c2ccccc2NC(=O)C2CCN(C3=NS(=O)(=O)c4ccccc43)CC2)no1.